The molecule has 1 aromatic rings. The van der Waals surface area contributed by atoms with Crippen molar-refractivity contribution in [2.24, 2.45) is 11.7 Å². The quantitative estimate of drug-likeness (QED) is 0.629. The van der Waals surface area contributed by atoms with E-state index in [2.05, 4.69) is 11.9 Å². The molecule has 0 bridgehead atoms. The molecule has 1 amide bonds. The summed E-state index contributed by atoms with van der Waals surface area (Å²) in [5.41, 5.74) is 6.91. The van der Waals surface area contributed by atoms with Gasteiger partial charge in [-0.15, -0.1) is 6.58 Å². The van der Waals surface area contributed by atoms with Gasteiger partial charge in [0.1, 0.15) is 5.82 Å². The smallest absolute Gasteiger partial charge is 0.237 e. The number of carbonyl (C=O) groups excluding carboxylic acids is 2. The Kier molecular flexibility index (Phi) is 7.98. The number of hydrogen-bond acceptors (Lipinski definition) is 3. The standard InChI is InChI=1S/C21H29FN2O2/c1-2-5-19(20(25)14-16-6-3-4-7-16)24-21(26)18(23)13-10-15-8-11-17(22)12-9-15/h2,8-9,11-12,16,18-19H,1,3-7,10,13-14,23H2,(H,24,26)/t18-,19-/m0/s1. The van der Waals surface area contributed by atoms with Gasteiger partial charge in [0.05, 0.1) is 12.1 Å². The molecular formula is C21H29FN2O2. The summed E-state index contributed by atoms with van der Waals surface area (Å²) in [6.45, 7) is 3.68. The molecule has 0 heterocycles. The zero-order valence-electron chi connectivity index (χ0n) is 15.3. The predicted octanol–water partition coefficient (Wildman–Crippen LogP) is 3.30. The van der Waals surface area contributed by atoms with Gasteiger partial charge in [-0.05, 0) is 42.9 Å². The van der Waals surface area contributed by atoms with E-state index < -0.39 is 12.1 Å². The summed E-state index contributed by atoms with van der Waals surface area (Å²) in [5, 5.41) is 2.79. The molecule has 26 heavy (non-hydrogen) atoms. The molecular weight excluding hydrogens is 331 g/mol. The van der Waals surface area contributed by atoms with Gasteiger partial charge in [0, 0.05) is 6.42 Å². The lowest BCUT2D eigenvalue weighted by Gasteiger charge is -2.20. The third-order valence-corrected chi connectivity index (χ3v) is 5.07. The molecule has 3 N–H and O–H groups in total. The van der Waals surface area contributed by atoms with Crippen LogP contribution in [-0.4, -0.2) is 23.8 Å². The Morgan fingerprint density at radius 2 is 1.92 bits per heavy atom. The minimum atomic E-state index is -0.702. The summed E-state index contributed by atoms with van der Waals surface area (Å²) in [5.74, 6) is -0.0997. The van der Waals surface area contributed by atoms with Gasteiger partial charge in [-0.3, -0.25) is 9.59 Å². The number of hydrogen-bond donors (Lipinski definition) is 2. The highest BCUT2D eigenvalue weighted by Crippen LogP contribution is 2.28. The van der Waals surface area contributed by atoms with Crippen LogP contribution in [0.15, 0.2) is 36.9 Å². The number of benzene rings is 1. The van der Waals surface area contributed by atoms with Crippen LogP contribution in [0.2, 0.25) is 0 Å². The van der Waals surface area contributed by atoms with Gasteiger partial charge in [-0.2, -0.15) is 0 Å². The Labute approximate surface area is 155 Å². The number of halogens is 1. The van der Waals surface area contributed by atoms with Crippen molar-refractivity contribution < 1.29 is 14.0 Å². The van der Waals surface area contributed by atoms with E-state index >= 15 is 0 Å². The molecule has 2 atom stereocenters. The molecule has 0 radical (unpaired) electrons. The first kappa shape index (κ1) is 20.3. The predicted molar refractivity (Wildman–Crippen MR) is 101 cm³/mol. The van der Waals surface area contributed by atoms with Crippen molar-refractivity contribution in [2.75, 3.05) is 0 Å². The largest absolute Gasteiger partial charge is 0.345 e. The van der Waals surface area contributed by atoms with E-state index in [-0.39, 0.29) is 17.5 Å². The van der Waals surface area contributed by atoms with E-state index in [0.717, 1.165) is 18.4 Å². The van der Waals surface area contributed by atoms with E-state index in [0.29, 0.717) is 31.6 Å². The number of ketones is 1. The monoisotopic (exact) mass is 360 g/mol. The summed E-state index contributed by atoms with van der Waals surface area (Å²) >= 11 is 0. The van der Waals surface area contributed by atoms with Crippen LogP contribution in [0, 0.1) is 11.7 Å². The summed E-state index contributed by atoms with van der Waals surface area (Å²) in [6, 6.07) is 4.91. The van der Waals surface area contributed by atoms with Gasteiger partial charge in [-0.1, -0.05) is 43.9 Å². The summed E-state index contributed by atoms with van der Waals surface area (Å²) in [4.78, 5) is 24.9. The number of nitrogens with one attached hydrogen (secondary N) is 1. The number of rotatable bonds is 10. The third-order valence-electron chi connectivity index (χ3n) is 5.07. The maximum atomic E-state index is 12.9. The first-order valence-electron chi connectivity index (χ1n) is 9.43. The van der Waals surface area contributed by atoms with Crippen molar-refractivity contribution in [1.82, 2.24) is 5.32 Å². The molecule has 2 rings (SSSR count). The molecule has 1 aromatic carbocycles. The normalized spacial score (nSPS) is 16.8. The van der Waals surface area contributed by atoms with E-state index in [1.165, 1.54) is 25.0 Å². The van der Waals surface area contributed by atoms with Crippen LogP contribution in [0.5, 0.6) is 0 Å². The van der Waals surface area contributed by atoms with Crippen LogP contribution in [-0.2, 0) is 16.0 Å². The van der Waals surface area contributed by atoms with Crippen LogP contribution in [0.25, 0.3) is 0 Å². The van der Waals surface area contributed by atoms with Gasteiger partial charge in [0.25, 0.3) is 0 Å². The second-order valence-electron chi connectivity index (χ2n) is 7.18. The van der Waals surface area contributed by atoms with Gasteiger partial charge in [0.2, 0.25) is 5.91 Å². The van der Waals surface area contributed by atoms with Gasteiger partial charge in [-0.25, -0.2) is 4.39 Å². The topological polar surface area (TPSA) is 72.2 Å². The molecule has 1 fully saturated rings. The van der Waals surface area contributed by atoms with Gasteiger partial charge in [0.15, 0.2) is 5.78 Å². The van der Waals surface area contributed by atoms with Gasteiger partial charge < -0.3 is 11.1 Å². The number of aryl methyl sites for hydroxylation is 1. The lowest BCUT2D eigenvalue weighted by atomic mass is 9.95. The lowest BCUT2D eigenvalue weighted by molar-refractivity contribution is -0.129. The second-order valence-corrected chi connectivity index (χ2v) is 7.18. The SMILES string of the molecule is C=CC[C@H](NC(=O)[C@@H](N)CCc1ccc(F)cc1)C(=O)CC1CCCC1. The summed E-state index contributed by atoms with van der Waals surface area (Å²) in [6.07, 6.45) is 8.17. The van der Waals surface area contributed by atoms with Crippen molar-refractivity contribution in [3.63, 3.8) is 0 Å². The highest BCUT2D eigenvalue weighted by atomic mass is 19.1. The fourth-order valence-corrected chi connectivity index (χ4v) is 3.46. The highest BCUT2D eigenvalue weighted by molar-refractivity contribution is 5.91. The maximum Gasteiger partial charge on any atom is 0.237 e. The third kappa shape index (κ3) is 6.37. The first-order chi connectivity index (χ1) is 12.5. The zero-order valence-corrected chi connectivity index (χ0v) is 15.3. The number of Topliss-reactive ketones (excluding diaryl/α,β-unsaturated/α-hetero) is 1. The molecule has 0 saturated heterocycles. The Hall–Kier alpha value is -2.01. The van der Waals surface area contributed by atoms with Crippen molar-refractivity contribution in [3.8, 4) is 0 Å². The molecule has 5 heteroatoms. The van der Waals surface area contributed by atoms with E-state index in [9.17, 15) is 14.0 Å². The fraction of sp³-hybridized carbons (Fsp3) is 0.524. The lowest BCUT2D eigenvalue weighted by Crippen LogP contribution is -2.48. The molecule has 1 saturated carbocycles. The Balaban J connectivity index is 1.83. The van der Waals surface area contributed by atoms with Crippen LogP contribution in [0.1, 0.15) is 50.5 Å². The minimum absolute atomic E-state index is 0.0656. The molecule has 142 valence electrons. The van der Waals surface area contributed by atoms with Crippen LogP contribution in [0.4, 0.5) is 4.39 Å². The number of nitrogens with two attached hydrogens (primary N) is 1. The van der Waals surface area contributed by atoms with Crippen molar-refractivity contribution >= 4 is 11.7 Å². The Morgan fingerprint density at radius 3 is 2.54 bits per heavy atom. The number of carbonyl (C=O) groups is 2. The van der Waals surface area contributed by atoms with Crippen molar-refractivity contribution in [3.05, 3.63) is 48.3 Å². The summed E-state index contributed by atoms with van der Waals surface area (Å²) in [7, 11) is 0. The Bertz CT molecular complexity index is 609. The molecule has 1 aliphatic rings. The van der Waals surface area contributed by atoms with E-state index in [1.807, 2.05) is 0 Å². The van der Waals surface area contributed by atoms with Crippen LogP contribution < -0.4 is 11.1 Å². The maximum absolute atomic E-state index is 12.9. The molecule has 0 aliphatic heterocycles. The molecule has 0 spiro atoms. The van der Waals surface area contributed by atoms with Gasteiger partial charge >= 0.3 is 0 Å². The molecule has 1 aliphatic carbocycles. The van der Waals surface area contributed by atoms with Crippen LogP contribution in [0.3, 0.4) is 0 Å². The minimum Gasteiger partial charge on any atom is -0.345 e. The van der Waals surface area contributed by atoms with E-state index in [1.54, 1.807) is 18.2 Å². The molecule has 0 aromatic heterocycles. The van der Waals surface area contributed by atoms with Crippen molar-refractivity contribution in [2.45, 2.75) is 63.5 Å². The summed E-state index contributed by atoms with van der Waals surface area (Å²) < 4.78 is 12.9. The van der Waals surface area contributed by atoms with E-state index in [4.69, 9.17) is 5.73 Å². The highest BCUT2D eigenvalue weighted by Gasteiger charge is 2.26. The Morgan fingerprint density at radius 1 is 1.27 bits per heavy atom. The fourth-order valence-electron chi connectivity index (χ4n) is 3.46. The van der Waals surface area contributed by atoms with Crippen molar-refractivity contribution in [1.29, 1.82) is 0 Å². The average molecular weight is 360 g/mol. The first-order valence-corrected chi connectivity index (χ1v) is 9.43. The molecule has 0 unspecified atom stereocenters. The average Bonchev–Trinajstić information content (AvgIpc) is 3.13. The second kappa shape index (κ2) is 10.2. The zero-order chi connectivity index (χ0) is 18.9. The number of amides is 1. The van der Waals surface area contributed by atoms with Crippen LogP contribution >= 0.6 is 0 Å². The molecule has 4 nitrogen and oxygen atoms in total.